The molecule has 1 atom stereocenters. The van der Waals surface area contributed by atoms with Gasteiger partial charge in [0.25, 0.3) is 0 Å². The maximum Gasteiger partial charge on any atom is 0.154 e. The van der Waals surface area contributed by atoms with E-state index in [0.29, 0.717) is 15.9 Å². The molecule has 0 aliphatic heterocycles. The van der Waals surface area contributed by atoms with Crippen molar-refractivity contribution < 1.29 is 9.50 Å². The van der Waals surface area contributed by atoms with E-state index in [1.54, 1.807) is 32.2 Å². The highest BCUT2D eigenvalue weighted by Gasteiger charge is 2.22. The minimum atomic E-state index is -1.09. The van der Waals surface area contributed by atoms with Crippen LogP contribution in [0.4, 0.5) is 4.39 Å². The van der Waals surface area contributed by atoms with Gasteiger partial charge in [-0.25, -0.2) is 9.07 Å². The second-order valence-electron chi connectivity index (χ2n) is 3.77. The molecule has 90 valence electrons. The first kappa shape index (κ1) is 12.2. The lowest BCUT2D eigenvalue weighted by Crippen LogP contribution is -2.09. The van der Waals surface area contributed by atoms with Crippen molar-refractivity contribution in [3.8, 4) is 0 Å². The lowest BCUT2D eigenvalue weighted by molar-refractivity contribution is 0.203. The first-order valence-electron chi connectivity index (χ1n) is 5.00. The molecule has 1 aromatic carbocycles. The van der Waals surface area contributed by atoms with Crippen LogP contribution in [0.5, 0.6) is 0 Å². The number of hydrogen-bond donors (Lipinski definition) is 1. The number of nitrogens with zero attached hydrogens (tertiary/aromatic N) is 3. The van der Waals surface area contributed by atoms with Crippen LogP contribution in [-0.4, -0.2) is 20.1 Å². The molecule has 0 aliphatic carbocycles. The van der Waals surface area contributed by atoms with Crippen molar-refractivity contribution in [3.63, 3.8) is 0 Å². The van der Waals surface area contributed by atoms with Gasteiger partial charge < -0.3 is 5.11 Å². The van der Waals surface area contributed by atoms with Gasteiger partial charge in [-0.3, -0.25) is 0 Å². The Morgan fingerprint density at radius 3 is 2.76 bits per heavy atom. The predicted octanol–water partition coefficient (Wildman–Crippen LogP) is 2.11. The predicted molar refractivity (Wildman–Crippen MR) is 63.9 cm³/mol. The number of aliphatic hydroxyl groups excluding tert-OH is 1. The van der Waals surface area contributed by atoms with Crippen LogP contribution in [0, 0.1) is 12.7 Å². The van der Waals surface area contributed by atoms with E-state index in [9.17, 15) is 9.50 Å². The standard InChI is InChI=1S/C11H11BrFN3O/c1-6-4-3-5-7(8(6)13)10(17)9-11(12)14-15-16(9)2/h3-5,10,17H,1-2H3. The molecular weight excluding hydrogens is 289 g/mol. The molecule has 0 spiro atoms. The van der Waals surface area contributed by atoms with E-state index in [4.69, 9.17) is 0 Å². The molecule has 1 unspecified atom stereocenters. The fraction of sp³-hybridized carbons (Fsp3) is 0.273. The van der Waals surface area contributed by atoms with Crippen molar-refractivity contribution in [1.82, 2.24) is 15.0 Å². The van der Waals surface area contributed by atoms with Crippen molar-refractivity contribution >= 4 is 15.9 Å². The highest BCUT2D eigenvalue weighted by atomic mass is 79.9. The van der Waals surface area contributed by atoms with Crippen molar-refractivity contribution in [2.45, 2.75) is 13.0 Å². The molecule has 0 amide bonds. The van der Waals surface area contributed by atoms with Crippen molar-refractivity contribution in [1.29, 1.82) is 0 Å². The Balaban J connectivity index is 2.51. The normalized spacial score (nSPS) is 12.8. The Morgan fingerprint density at radius 2 is 2.18 bits per heavy atom. The third-order valence-corrected chi connectivity index (χ3v) is 3.17. The summed E-state index contributed by atoms with van der Waals surface area (Å²) in [6, 6.07) is 4.91. The Morgan fingerprint density at radius 1 is 1.47 bits per heavy atom. The SMILES string of the molecule is Cc1cccc(C(O)c2c(Br)nnn2C)c1F. The van der Waals surface area contributed by atoms with E-state index in [1.165, 1.54) is 4.68 Å². The smallest absolute Gasteiger partial charge is 0.154 e. The van der Waals surface area contributed by atoms with E-state index in [0.717, 1.165) is 0 Å². The lowest BCUT2D eigenvalue weighted by atomic mass is 10.0. The molecule has 0 aliphatic rings. The second-order valence-corrected chi connectivity index (χ2v) is 4.52. The van der Waals surface area contributed by atoms with E-state index in [2.05, 4.69) is 26.2 Å². The molecule has 0 saturated carbocycles. The van der Waals surface area contributed by atoms with Gasteiger partial charge in [0.15, 0.2) is 4.60 Å². The maximum atomic E-state index is 13.9. The maximum absolute atomic E-state index is 13.9. The first-order valence-corrected chi connectivity index (χ1v) is 5.79. The Bertz CT molecular complexity index is 536. The molecule has 4 nitrogen and oxygen atoms in total. The van der Waals surface area contributed by atoms with E-state index >= 15 is 0 Å². The number of aliphatic hydroxyl groups is 1. The molecule has 1 aromatic heterocycles. The minimum Gasteiger partial charge on any atom is -0.382 e. The van der Waals surface area contributed by atoms with Crippen LogP contribution in [0.1, 0.15) is 22.9 Å². The Labute approximate surface area is 106 Å². The molecule has 1 N–H and O–H groups in total. The Hall–Kier alpha value is -1.27. The molecule has 2 rings (SSSR count). The van der Waals surface area contributed by atoms with E-state index in [1.807, 2.05) is 0 Å². The molecule has 0 radical (unpaired) electrons. The fourth-order valence-electron chi connectivity index (χ4n) is 1.66. The minimum absolute atomic E-state index is 0.219. The number of benzene rings is 1. The van der Waals surface area contributed by atoms with E-state index in [-0.39, 0.29) is 5.56 Å². The molecule has 17 heavy (non-hydrogen) atoms. The summed E-state index contributed by atoms with van der Waals surface area (Å²) < 4.78 is 15.7. The van der Waals surface area contributed by atoms with E-state index < -0.39 is 11.9 Å². The third-order valence-electron chi connectivity index (χ3n) is 2.60. The first-order chi connectivity index (χ1) is 8.02. The van der Waals surface area contributed by atoms with Crippen molar-refractivity contribution in [3.05, 3.63) is 45.4 Å². The van der Waals surface area contributed by atoms with Crippen LogP contribution in [-0.2, 0) is 7.05 Å². The zero-order chi connectivity index (χ0) is 12.6. The number of aromatic nitrogens is 3. The zero-order valence-electron chi connectivity index (χ0n) is 9.35. The highest BCUT2D eigenvalue weighted by molar-refractivity contribution is 9.10. The monoisotopic (exact) mass is 299 g/mol. The van der Waals surface area contributed by atoms with Gasteiger partial charge >= 0.3 is 0 Å². The molecule has 0 bridgehead atoms. The molecular formula is C11H11BrFN3O. The van der Waals surface area contributed by atoms with Crippen LogP contribution < -0.4 is 0 Å². The summed E-state index contributed by atoms with van der Waals surface area (Å²) in [5, 5.41) is 17.7. The molecule has 0 fully saturated rings. The molecule has 6 heteroatoms. The van der Waals surface area contributed by atoms with Gasteiger partial charge in [-0.05, 0) is 28.4 Å². The van der Waals surface area contributed by atoms with Gasteiger partial charge in [0, 0.05) is 12.6 Å². The summed E-state index contributed by atoms with van der Waals surface area (Å²) in [7, 11) is 1.64. The molecule has 0 saturated heterocycles. The van der Waals surface area contributed by atoms with Gasteiger partial charge in [0.1, 0.15) is 17.6 Å². The van der Waals surface area contributed by atoms with Crippen LogP contribution >= 0.6 is 15.9 Å². The summed E-state index contributed by atoms with van der Waals surface area (Å²) in [6.45, 7) is 1.65. The lowest BCUT2D eigenvalue weighted by Gasteiger charge is -2.13. The van der Waals surface area contributed by atoms with Gasteiger partial charge in [-0.1, -0.05) is 23.4 Å². The molecule has 1 heterocycles. The van der Waals surface area contributed by atoms with Gasteiger partial charge in [-0.2, -0.15) is 0 Å². The number of hydrogen-bond acceptors (Lipinski definition) is 3. The average molecular weight is 300 g/mol. The van der Waals surface area contributed by atoms with Crippen molar-refractivity contribution in [2.24, 2.45) is 7.05 Å². The topological polar surface area (TPSA) is 50.9 Å². The van der Waals surface area contributed by atoms with Crippen LogP contribution in [0.15, 0.2) is 22.8 Å². The van der Waals surface area contributed by atoms with Gasteiger partial charge in [-0.15, -0.1) is 5.10 Å². The highest BCUT2D eigenvalue weighted by Crippen LogP contribution is 2.28. The summed E-state index contributed by atoms with van der Waals surface area (Å²) in [5.74, 6) is -0.409. The van der Waals surface area contributed by atoms with Crippen molar-refractivity contribution in [2.75, 3.05) is 0 Å². The van der Waals surface area contributed by atoms with Gasteiger partial charge in [0.2, 0.25) is 0 Å². The number of rotatable bonds is 2. The number of aryl methyl sites for hydroxylation is 2. The largest absolute Gasteiger partial charge is 0.382 e. The summed E-state index contributed by atoms with van der Waals surface area (Å²) >= 11 is 3.18. The van der Waals surface area contributed by atoms with Crippen LogP contribution in [0.3, 0.4) is 0 Å². The summed E-state index contributed by atoms with van der Waals surface area (Å²) in [5.41, 5.74) is 1.14. The Kier molecular flexibility index (Phi) is 3.26. The summed E-state index contributed by atoms with van der Waals surface area (Å²) in [6.07, 6.45) is -1.09. The second kappa shape index (κ2) is 4.54. The quantitative estimate of drug-likeness (QED) is 0.924. The van der Waals surface area contributed by atoms with Gasteiger partial charge in [0.05, 0.1) is 0 Å². The fourth-order valence-corrected chi connectivity index (χ4v) is 2.20. The van der Waals surface area contributed by atoms with Crippen LogP contribution in [0.25, 0.3) is 0 Å². The average Bonchev–Trinajstić information content (AvgIpc) is 2.62. The van der Waals surface area contributed by atoms with Crippen LogP contribution in [0.2, 0.25) is 0 Å². The number of halogens is 2. The zero-order valence-corrected chi connectivity index (χ0v) is 10.9. The molecule has 2 aromatic rings. The third kappa shape index (κ3) is 2.10. The summed E-state index contributed by atoms with van der Waals surface area (Å²) in [4.78, 5) is 0.